The first-order valence-corrected chi connectivity index (χ1v) is 3.32. The van der Waals surface area contributed by atoms with Crippen molar-refractivity contribution in [1.82, 2.24) is 4.98 Å². The summed E-state index contributed by atoms with van der Waals surface area (Å²) in [7, 11) is 3.00. The van der Waals surface area contributed by atoms with Crippen molar-refractivity contribution in [3.05, 3.63) is 17.2 Å². The molecule has 0 fully saturated rings. The van der Waals surface area contributed by atoms with Crippen molar-refractivity contribution >= 4 is 11.6 Å². The summed E-state index contributed by atoms with van der Waals surface area (Å²) in [5.41, 5.74) is 0. The van der Waals surface area contributed by atoms with Crippen LogP contribution in [0.25, 0.3) is 0 Å². The summed E-state index contributed by atoms with van der Waals surface area (Å²) in [5, 5.41) is 0.424. The van der Waals surface area contributed by atoms with Gasteiger partial charge in [-0.1, -0.05) is 11.6 Å². The van der Waals surface area contributed by atoms with Gasteiger partial charge in [0.05, 0.1) is 20.3 Å². The van der Waals surface area contributed by atoms with Crippen molar-refractivity contribution in [2.45, 2.75) is 0 Å². The molecule has 0 aliphatic heterocycles. The van der Waals surface area contributed by atoms with Crippen LogP contribution in [-0.4, -0.2) is 19.2 Å². The molecule has 1 aromatic rings. The Morgan fingerprint density at radius 3 is 2.73 bits per heavy atom. The lowest BCUT2D eigenvalue weighted by Gasteiger charge is -2.02. The summed E-state index contributed by atoms with van der Waals surface area (Å²) >= 11 is 5.68. The molecule has 59 valence electrons. The second kappa shape index (κ2) is 3.44. The monoisotopic (exact) mass is 172 g/mol. The molecule has 1 aromatic heterocycles. The number of methoxy groups -OCH3 is 2. The van der Waals surface area contributed by atoms with Crippen molar-refractivity contribution in [2.75, 3.05) is 14.2 Å². The van der Waals surface area contributed by atoms with E-state index in [9.17, 15) is 0 Å². The molecule has 0 spiro atoms. The number of aromatic nitrogens is 1. The third kappa shape index (κ3) is 1.74. The standard InChI is InChI=1S/C7H7ClNO2/c1-10-6-4-3-5(8)7(9-6)11-2/h3H,1-2H3. The summed E-state index contributed by atoms with van der Waals surface area (Å²) < 4.78 is 9.65. The Bertz CT molecular complexity index is 252. The van der Waals surface area contributed by atoms with Crippen LogP contribution in [0.4, 0.5) is 0 Å². The maximum atomic E-state index is 5.68. The van der Waals surface area contributed by atoms with E-state index < -0.39 is 0 Å². The smallest absolute Gasteiger partial charge is 0.235 e. The van der Waals surface area contributed by atoms with E-state index in [0.717, 1.165) is 0 Å². The number of halogens is 1. The predicted octanol–water partition coefficient (Wildman–Crippen LogP) is 1.55. The quantitative estimate of drug-likeness (QED) is 0.679. The lowest BCUT2D eigenvalue weighted by Crippen LogP contribution is -1.92. The lowest BCUT2D eigenvalue weighted by molar-refractivity contribution is 0.364. The number of pyridine rings is 1. The van der Waals surface area contributed by atoms with Crippen LogP contribution in [0.1, 0.15) is 0 Å². The Hall–Kier alpha value is -0.960. The number of rotatable bonds is 2. The van der Waals surface area contributed by atoms with Crippen molar-refractivity contribution in [3.8, 4) is 11.8 Å². The molecule has 0 unspecified atom stereocenters. The number of hydrogen-bond acceptors (Lipinski definition) is 3. The number of hydrogen-bond donors (Lipinski definition) is 0. The second-order valence-corrected chi connectivity index (χ2v) is 2.17. The van der Waals surface area contributed by atoms with Gasteiger partial charge >= 0.3 is 0 Å². The molecular weight excluding hydrogens is 166 g/mol. The molecular formula is C7H7ClNO2. The van der Waals surface area contributed by atoms with Crippen LogP contribution in [0, 0.1) is 6.07 Å². The maximum Gasteiger partial charge on any atom is 0.235 e. The molecule has 0 saturated heterocycles. The van der Waals surface area contributed by atoms with Crippen LogP contribution in [0.5, 0.6) is 11.8 Å². The van der Waals surface area contributed by atoms with E-state index in [-0.39, 0.29) is 0 Å². The topological polar surface area (TPSA) is 31.4 Å². The fourth-order valence-electron chi connectivity index (χ4n) is 0.612. The SMILES string of the molecule is COc1[c]cc(Cl)c(OC)n1. The fourth-order valence-corrected chi connectivity index (χ4v) is 0.786. The Balaban J connectivity index is 3.02. The molecule has 0 bridgehead atoms. The van der Waals surface area contributed by atoms with E-state index in [2.05, 4.69) is 11.1 Å². The minimum absolute atomic E-state index is 0.349. The Morgan fingerprint density at radius 1 is 1.45 bits per heavy atom. The highest BCUT2D eigenvalue weighted by molar-refractivity contribution is 6.31. The fraction of sp³-hybridized carbons (Fsp3) is 0.286. The minimum Gasteiger partial charge on any atom is -0.480 e. The highest BCUT2D eigenvalue weighted by atomic mass is 35.5. The minimum atomic E-state index is 0.349. The van der Waals surface area contributed by atoms with Crippen molar-refractivity contribution in [1.29, 1.82) is 0 Å². The molecule has 0 saturated carbocycles. The van der Waals surface area contributed by atoms with Crippen LogP contribution in [-0.2, 0) is 0 Å². The molecule has 0 aliphatic rings. The summed E-state index contributed by atoms with van der Waals surface area (Å²) in [6, 6.07) is 4.26. The van der Waals surface area contributed by atoms with Crippen LogP contribution in [0.2, 0.25) is 5.02 Å². The van der Waals surface area contributed by atoms with Gasteiger partial charge in [0.25, 0.3) is 0 Å². The molecule has 3 nitrogen and oxygen atoms in total. The van der Waals surface area contributed by atoms with Gasteiger partial charge in [0.15, 0.2) is 0 Å². The van der Waals surface area contributed by atoms with Gasteiger partial charge in [-0.3, -0.25) is 0 Å². The van der Waals surface area contributed by atoms with Crippen molar-refractivity contribution < 1.29 is 9.47 Å². The van der Waals surface area contributed by atoms with Crippen molar-refractivity contribution in [2.24, 2.45) is 0 Å². The second-order valence-electron chi connectivity index (χ2n) is 1.77. The summed E-state index contributed by atoms with van der Waals surface area (Å²) in [4.78, 5) is 3.88. The first-order chi connectivity index (χ1) is 5.27. The van der Waals surface area contributed by atoms with Crippen LogP contribution >= 0.6 is 11.6 Å². The van der Waals surface area contributed by atoms with E-state index >= 15 is 0 Å². The van der Waals surface area contributed by atoms with Gasteiger partial charge in [-0.05, 0) is 6.07 Å². The largest absolute Gasteiger partial charge is 0.480 e. The van der Waals surface area contributed by atoms with Gasteiger partial charge in [-0.2, -0.15) is 4.98 Å². The van der Waals surface area contributed by atoms with E-state index in [4.69, 9.17) is 21.1 Å². The number of nitrogens with zero attached hydrogens (tertiary/aromatic N) is 1. The summed E-state index contributed by atoms with van der Waals surface area (Å²) in [6.45, 7) is 0. The molecule has 0 aliphatic carbocycles. The third-order valence-electron chi connectivity index (χ3n) is 1.12. The highest BCUT2D eigenvalue weighted by Gasteiger charge is 2.02. The molecule has 1 heterocycles. The van der Waals surface area contributed by atoms with E-state index in [0.29, 0.717) is 16.8 Å². The summed E-state index contributed by atoms with van der Waals surface area (Å²) in [5.74, 6) is 0.716. The average molecular weight is 173 g/mol. The van der Waals surface area contributed by atoms with Gasteiger partial charge in [0.1, 0.15) is 5.02 Å². The first kappa shape index (κ1) is 8.14. The zero-order valence-corrected chi connectivity index (χ0v) is 6.97. The van der Waals surface area contributed by atoms with Crippen LogP contribution < -0.4 is 9.47 Å². The summed E-state index contributed by atoms with van der Waals surface area (Å²) in [6.07, 6.45) is 0. The zero-order chi connectivity index (χ0) is 8.27. The van der Waals surface area contributed by atoms with Crippen LogP contribution in [0.3, 0.4) is 0 Å². The first-order valence-electron chi connectivity index (χ1n) is 2.94. The molecule has 1 rings (SSSR count). The molecule has 11 heavy (non-hydrogen) atoms. The van der Waals surface area contributed by atoms with E-state index in [1.54, 1.807) is 6.07 Å². The Morgan fingerprint density at radius 2 is 2.18 bits per heavy atom. The highest BCUT2D eigenvalue weighted by Crippen LogP contribution is 2.23. The lowest BCUT2D eigenvalue weighted by atomic mass is 10.5. The molecule has 0 atom stereocenters. The molecule has 4 heteroatoms. The average Bonchev–Trinajstić information content (AvgIpc) is 2.05. The van der Waals surface area contributed by atoms with Crippen molar-refractivity contribution in [3.63, 3.8) is 0 Å². The van der Waals surface area contributed by atoms with Crippen LogP contribution in [0.15, 0.2) is 6.07 Å². The van der Waals surface area contributed by atoms with E-state index in [1.807, 2.05) is 0 Å². The molecule has 0 N–H and O–H groups in total. The normalized spacial score (nSPS) is 9.36. The molecule has 0 amide bonds. The van der Waals surface area contributed by atoms with Gasteiger partial charge in [0.2, 0.25) is 11.8 Å². The zero-order valence-electron chi connectivity index (χ0n) is 6.22. The Labute approximate surface area is 69.9 Å². The predicted molar refractivity (Wildman–Crippen MR) is 41.2 cm³/mol. The number of ether oxygens (including phenoxy) is 2. The van der Waals surface area contributed by atoms with Gasteiger partial charge in [0, 0.05) is 0 Å². The van der Waals surface area contributed by atoms with Gasteiger partial charge < -0.3 is 9.47 Å². The Kier molecular flexibility index (Phi) is 2.54. The maximum absolute atomic E-state index is 5.68. The van der Waals surface area contributed by atoms with E-state index in [1.165, 1.54) is 14.2 Å². The van der Waals surface area contributed by atoms with Gasteiger partial charge in [-0.25, -0.2) is 0 Å². The molecule has 1 radical (unpaired) electrons. The third-order valence-corrected chi connectivity index (χ3v) is 1.39. The molecule has 0 aromatic carbocycles. The van der Waals surface area contributed by atoms with Gasteiger partial charge in [-0.15, -0.1) is 0 Å².